The van der Waals surface area contributed by atoms with Gasteiger partial charge in [0.05, 0.1) is 30.9 Å². The summed E-state index contributed by atoms with van der Waals surface area (Å²) in [5.41, 5.74) is 0.0421. The fourth-order valence-corrected chi connectivity index (χ4v) is 1.97. The van der Waals surface area contributed by atoms with Gasteiger partial charge in [0.1, 0.15) is 0 Å². The van der Waals surface area contributed by atoms with Crippen molar-refractivity contribution in [2.45, 2.75) is 19.0 Å². The van der Waals surface area contributed by atoms with Crippen LogP contribution in [0.15, 0.2) is 33.2 Å². The van der Waals surface area contributed by atoms with E-state index in [0.29, 0.717) is 11.8 Å². The van der Waals surface area contributed by atoms with Gasteiger partial charge in [-0.25, -0.2) is 0 Å². The smallest absolute Gasteiger partial charge is 0.248 e. The van der Waals surface area contributed by atoms with Gasteiger partial charge >= 0.3 is 0 Å². The van der Waals surface area contributed by atoms with Gasteiger partial charge in [-0.1, -0.05) is 12.1 Å². The van der Waals surface area contributed by atoms with Crippen LogP contribution in [0.2, 0.25) is 0 Å². The van der Waals surface area contributed by atoms with E-state index < -0.39 is 5.54 Å². The number of halogens is 1. The van der Waals surface area contributed by atoms with Crippen molar-refractivity contribution >= 4 is 15.9 Å². The average Bonchev–Trinajstić information content (AvgIpc) is 2.94. The van der Waals surface area contributed by atoms with Crippen molar-refractivity contribution in [2.24, 2.45) is 0 Å². The summed E-state index contributed by atoms with van der Waals surface area (Å²) in [6.07, 6.45) is 0. The molecule has 0 atom stereocenters. The number of hydrogen-bond donors (Lipinski definition) is 3. The van der Waals surface area contributed by atoms with E-state index in [1.807, 2.05) is 24.3 Å². The number of aliphatic hydroxyl groups is 2. The van der Waals surface area contributed by atoms with Gasteiger partial charge in [0.25, 0.3) is 0 Å². The van der Waals surface area contributed by atoms with E-state index >= 15 is 0 Å². The number of nitrogens with one attached hydrogen (secondary N) is 1. The molecule has 0 spiro atoms. The second kappa shape index (κ2) is 6.45. The minimum absolute atomic E-state index is 0.186. The maximum atomic E-state index is 9.19. The fraction of sp³-hybridized carbons (Fsp3) is 0.385. The molecule has 2 rings (SSSR count). The summed E-state index contributed by atoms with van der Waals surface area (Å²) >= 11 is 3.43. The maximum Gasteiger partial charge on any atom is 0.248 e. The lowest BCUT2D eigenvalue weighted by Crippen LogP contribution is -2.48. The van der Waals surface area contributed by atoms with Crippen LogP contribution in [-0.4, -0.2) is 39.2 Å². The normalized spacial score (nSPS) is 11.8. The van der Waals surface area contributed by atoms with Gasteiger partial charge in [0.15, 0.2) is 0 Å². The Kier molecular flexibility index (Phi) is 4.87. The van der Waals surface area contributed by atoms with E-state index in [0.717, 1.165) is 10.0 Å². The number of aliphatic hydroxyl groups excluding tert-OH is 2. The third-order valence-electron chi connectivity index (χ3n) is 2.94. The van der Waals surface area contributed by atoms with Gasteiger partial charge in [-0.15, -0.1) is 10.2 Å². The number of benzene rings is 1. The van der Waals surface area contributed by atoms with E-state index in [1.54, 1.807) is 6.92 Å². The average molecular weight is 342 g/mol. The van der Waals surface area contributed by atoms with Gasteiger partial charge in [-0.05, 0) is 35.0 Å². The molecule has 0 fully saturated rings. The first-order valence-electron chi connectivity index (χ1n) is 6.12. The second-order valence-corrected chi connectivity index (χ2v) is 5.57. The van der Waals surface area contributed by atoms with Crippen LogP contribution >= 0.6 is 15.9 Å². The highest BCUT2D eigenvalue weighted by molar-refractivity contribution is 9.10. The molecule has 20 heavy (non-hydrogen) atoms. The molecular weight excluding hydrogens is 326 g/mol. The summed E-state index contributed by atoms with van der Waals surface area (Å²) < 4.78 is 6.43. The first-order valence-corrected chi connectivity index (χ1v) is 6.91. The highest BCUT2D eigenvalue weighted by Gasteiger charge is 2.22. The standard InChI is InChI=1S/C13H16BrN3O3/c1-13(7-18,8-19)15-6-11-16-17-12(20-11)9-4-2-3-5-10(9)14/h2-5,15,18-19H,6-8H2,1H3. The molecule has 0 saturated carbocycles. The molecule has 0 aliphatic heterocycles. The van der Waals surface area contributed by atoms with E-state index in [-0.39, 0.29) is 19.8 Å². The largest absolute Gasteiger partial charge is 0.419 e. The van der Waals surface area contributed by atoms with Crippen molar-refractivity contribution in [2.75, 3.05) is 13.2 Å². The summed E-state index contributed by atoms with van der Waals surface area (Å²) in [7, 11) is 0. The van der Waals surface area contributed by atoms with Crippen molar-refractivity contribution in [3.8, 4) is 11.5 Å². The number of nitrogens with zero attached hydrogens (tertiary/aromatic N) is 2. The van der Waals surface area contributed by atoms with Crippen LogP contribution in [0.3, 0.4) is 0 Å². The highest BCUT2D eigenvalue weighted by Crippen LogP contribution is 2.26. The van der Waals surface area contributed by atoms with Gasteiger partial charge in [0, 0.05) is 4.47 Å². The molecule has 0 aliphatic carbocycles. The molecule has 0 radical (unpaired) electrons. The van der Waals surface area contributed by atoms with Crippen LogP contribution in [0, 0.1) is 0 Å². The zero-order chi connectivity index (χ0) is 14.6. The molecule has 6 nitrogen and oxygen atoms in total. The predicted octanol–water partition coefficient (Wildman–Crippen LogP) is 1.33. The molecule has 0 unspecified atom stereocenters. The molecule has 2 aromatic rings. The Bertz CT molecular complexity index is 569. The van der Waals surface area contributed by atoms with E-state index in [1.165, 1.54) is 0 Å². The fourth-order valence-electron chi connectivity index (χ4n) is 1.52. The molecule has 3 N–H and O–H groups in total. The van der Waals surface area contributed by atoms with Gasteiger partial charge < -0.3 is 14.6 Å². The van der Waals surface area contributed by atoms with Crippen LogP contribution in [0.4, 0.5) is 0 Å². The first-order chi connectivity index (χ1) is 9.58. The Morgan fingerprint density at radius 3 is 2.60 bits per heavy atom. The summed E-state index contributed by atoms with van der Waals surface area (Å²) in [5, 5.41) is 29.3. The predicted molar refractivity (Wildman–Crippen MR) is 76.9 cm³/mol. The lowest BCUT2D eigenvalue weighted by Gasteiger charge is -2.25. The number of aromatic nitrogens is 2. The number of rotatable bonds is 6. The lowest BCUT2D eigenvalue weighted by atomic mass is 10.1. The SMILES string of the molecule is CC(CO)(CO)NCc1nnc(-c2ccccc2Br)o1. The van der Waals surface area contributed by atoms with Crippen molar-refractivity contribution in [1.82, 2.24) is 15.5 Å². The van der Waals surface area contributed by atoms with Crippen LogP contribution in [0.25, 0.3) is 11.5 Å². The molecular formula is C13H16BrN3O3. The maximum absolute atomic E-state index is 9.19. The molecule has 1 aromatic carbocycles. The summed E-state index contributed by atoms with van der Waals surface area (Å²) in [5.74, 6) is 0.813. The van der Waals surface area contributed by atoms with Crippen molar-refractivity contribution < 1.29 is 14.6 Å². The minimum Gasteiger partial charge on any atom is -0.419 e. The Labute approximate surface area is 125 Å². The van der Waals surface area contributed by atoms with Crippen LogP contribution < -0.4 is 5.32 Å². The Morgan fingerprint density at radius 1 is 1.25 bits per heavy atom. The van der Waals surface area contributed by atoms with Crippen molar-refractivity contribution in [3.05, 3.63) is 34.6 Å². The zero-order valence-electron chi connectivity index (χ0n) is 11.0. The van der Waals surface area contributed by atoms with Gasteiger partial charge in [-0.3, -0.25) is 5.32 Å². The summed E-state index contributed by atoms with van der Waals surface area (Å²) in [6.45, 7) is 1.61. The monoisotopic (exact) mass is 341 g/mol. The third-order valence-corrected chi connectivity index (χ3v) is 3.63. The van der Waals surface area contributed by atoms with E-state index in [2.05, 4.69) is 31.4 Å². The topological polar surface area (TPSA) is 91.4 Å². The van der Waals surface area contributed by atoms with Crippen LogP contribution in [0.1, 0.15) is 12.8 Å². The van der Waals surface area contributed by atoms with Crippen molar-refractivity contribution in [1.29, 1.82) is 0 Å². The Hall–Kier alpha value is -1.28. The summed E-state index contributed by atoms with van der Waals surface area (Å²) in [6, 6.07) is 7.56. The van der Waals surface area contributed by atoms with Crippen LogP contribution in [-0.2, 0) is 6.54 Å². The molecule has 0 amide bonds. The van der Waals surface area contributed by atoms with Gasteiger partial charge in [0.2, 0.25) is 11.8 Å². The minimum atomic E-state index is -0.776. The van der Waals surface area contributed by atoms with Crippen molar-refractivity contribution in [3.63, 3.8) is 0 Å². The van der Waals surface area contributed by atoms with E-state index in [4.69, 9.17) is 4.42 Å². The molecule has 7 heteroatoms. The molecule has 1 heterocycles. The molecule has 0 saturated heterocycles. The molecule has 0 bridgehead atoms. The zero-order valence-corrected chi connectivity index (χ0v) is 12.6. The third kappa shape index (κ3) is 3.43. The number of hydrogen-bond acceptors (Lipinski definition) is 6. The van der Waals surface area contributed by atoms with E-state index in [9.17, 15) is 10.2 Å². The lowest BCUT2D eigenvalue weighted by molar-refractivity contribution is 0.101. The Morgan fingerprint density at radius 2 is 1.95 bits per heavy atom. The Balaban J connectivity index is 2.09. The van der Waals surface area contributed by atoms with Gasteiger partial charge in [-0.2, -0.15) is 0 Å². The second-order valence-electron chi connectivity index (χ2n) is 4.71. The highest BCUT2D eigenvalue weighted by atomic mass is 79.9. The molecule has 108 valence electrons. The molecule has 0 aliphatic rings. The summed E-state index contributed by atoms with van der Waals surface area (Å²) in [4.78, 5) is 0. The molecule has 1 aromatic heterocycles. The van der Waals surface area contributed by atoms with Crippen LogP contribution in [0.5, 0.6) is 0 Å². The first kappa shape index (κ1) is 15.1. The quantitative estimate of drug-likeness (QED) is 0.734.